The molecule has 0 spiro atoms. The molecule has 0 aliphatic rings. The molecule has 128 valence electrons. The van der Waals surface area contributed by atoms with Crippen molar-refractivity contribution in [3.05, 3.63) is 64.8 Å². The summed E-state index contributed by atoms with van der Waals surface area (Å²) in [5.41, 5.74) is 1.49. The van der Waals surface area contributed by atoms with Crippen molar-refractivity contribution in [1.82, 2.24) is 9.88 Å². The van der Waals surface area contributed by atoms with E-state index in [1.54, 1.807) is 41.0 Å². The Morgan fingerprint density at radius 1 is 0.920 bits per heavy atom. The van der Waals surface area contributed by atoms with Crippen molar-refractivity contribution in [3.63, 3.8) is 0 Å². The average Bonchev–Trinajstić information content (AvgIpc) is 2.97. The molecule has 0 atom stereocenters. The quantitative estimate of drug-likeness (QED) is 0.713. The molecule has 7 heteroatoms. The Morgan fingerprint density at radius 3 is 2.40 bits per heavy atom. The fraction of sp³-hybridized carbons (Fsp3) is 0.111. The normalized spacial score (nSPS) is 10.6. The maximum absolute atomic E-state index is 12.1. The van der Waals surface area contributed by atoms with Crippen molar-refractivity contribution in [2.75, 3.05) is 11.9 Å². The predicted molar refractivity (Wildman–Crippen MR) is 100 cm³/mol. The molecule has 5 nitrogen and oxygen atoms in total. The van der Waals surface area contributed by atoms with Crippen LogP contribution in [0.3, 0.4) is 0 Å². The smallest absolute Gasteiger partial charge is 0.243 e. The number of anilines is 1. The standard InChI is InChI=1S/C18H15Cl2N3O2/c19-13-3-5-15(6-4-13)22-17(24)10-21-18(25)11-23-8-7-12-1-2-14(20)9-16(12)23/h1-9H,10-11H2,(H,21,25)(H,22,24). The second kappa shape index (κ2) is 7.59. The van der Waals surface area contributed by atoms with Crippen molar-refractivity contribution in [2.45, 2.75) is 6.54 Å². The van der Waals surface area contributed by atoms with Gasteiger partial charge in [0.05, 0.1) is 6.54 Å². The van der Waals surface area contributed by atoms with Gasteiger partial charge in [0, 0.05) is 27.4 Å². The first-order valence-corrected chi connectivity index (χ1v) is 8.33. The van der Waals surface area contributed by atoms with Gasteiger partial charge in [0.1, 0.15) is 6.54 Å². The van der Waals surface area contributed by atoms with Crippen molar-refractivity contribution in [1.29, 1.82) is 0 Å². The van der Waals surface area contributed by atoms with Crippen LogP contribution >= 0.6 is 23.2 Å². The number of carbonyl (C=O) groups is 2. The average molecular weight is 376 g/mol. The Hall–Kier alpha value is -2.50. The molecule has 2 aromatic carbocycles. The number of amides is 2. The molecule has 0 radical (unpaired) electrons. The highest BCUT2D eigenvalue weighted by Crippen LogP contribution is 2.20. The van der Waals surface area contributed by atoms with Crippen molar-refractivity contribution in [3.8, 4) is 0 Å². The van der Waals surface area contributed by atoms with Crippen LogP contribution in [0, 0.1) is 0 Å². The lowest BCUT2D eigenvalue weighted by Crippen LogP contribution is -2.34. The number of rotatable bonds is 5. The van der Waals surface area contributed by atoms with E-state index in [0.717, 1.165) is 10.9 Å². The van der Waals surface area contributed by atoms with Gasteiger partial charge in [-0.2, -0.15) is 0 Å². The molecule has 3 rings (SSSR count). The Kier molecular flexibility index (Phi) is 5.26. The van der Waals surface area contributed by atoms with Crippen molar-refractivity contribution in [2.24, 2.45) is 0 Å². The van der Waals surface area contributed by atoms with E-state index >= 15 is 0 Å². The van der Waals surface area contributed by atoms with Gasteiger partial charge in [-0.3, -0.25) is 9.59 Å². The fourth-order valence-electron chi connectivity index (χ4n) is 2.42. The summed E-state index contributed by atoms with van der Waals surface area (Å²) < 4.78 is 1.79. The van der Waals surface area contributed by atoms with Crippen LogP contribution in [-0.2, 0) is 16.1 Å². The van der Waals surface area contributed by atoms with Gasteiger partial charge in [-0.05, 0) is 47.9 Å². The maximum atomic E-state index is 12.1. The van der Waals surface area contributed by atoms with Crippen LogP contribution in [0.2, 0.25) is 10.0 Å². The number of halogens is 2. The molecule has 3 aromatic rings. The number of hydrogen-bond donors (Lipinski definition) is 2. The number of fused-ring (bicyclic) bond motifs is 1. The van der Waals surface area contributed by atoms with E-state index < -0.39 is 0 Å². The molecule has 1 heterocycles. The molecule has 0 aliphatic carbocycles. The number of nitrogens with zero attached hydrogens (tertiary/aromatic N) is 1. The van der Waals surface area contributed by atoms with Gasteiger partial charge in [-0.1, -0.05) is 29.3 Å². The number of carbonyl (C=O) groups excluding carboxylic acids is 2. The maximum Gasteiger partial charge on any atom is 0.243 e. The number of hydrogen-bond acceptors (Lipinski definition) is 2. The minimum Gasteiger partial charge on any atom is -0.345 e. The van der Waals surface area contributed by atoms with Crippen LogP contribution in [0.5, 0.6) is 0 Å². The van der Waals surface area contributed by atoms with Gasteiger partial charge in [0.25, 0.3) is 0 Å². The molecular formula is C18H15Cl2N3O2. The monoisotopic (exact) mass is 375 g/mol. The number of nitrogens with one attached hydrogen (secondary N) is 2. The zero-order chi connectivity index (χ0) is 17.8. The molecule has 25 heavy (non-hydrogen) atoms. The summed E-state index contributed by atoms with van der Waals surface area (Å²) >= 11 is 11.8. The van der Waals surface area contributed by atoms with Gasteiger partial charge in [-0.15, -0.1) is 0 Å². The van der Waals surface area contributed by atoms with Crippen LogP contribution in [0.25, 0.3) is 10.9 Å². The summed E-state index contributed by atoms with van der Waals surface area (Å²) in [7, 11) is 0. The SMILES string of the molecule is O=C(Cn1ccc2ccc(Cl)cc21)NCC(=O)Nc1ccc(Cl)cc1. The van der Waals surface area contributed by atoms with E-state index in [9.17, 15) is 9.59 Å². The summed E-state index contributed by atoms with van der Waals surface area (Å²) in [4.78, 5) is 24.0. The third-order valence-corrected chi connectivity index (χ3v) is 4.11. The lowest BCUT2D eigenvalue weighted by atomic mass is 10.2. The second-order valence-corrected chi connectivity index (χ2v) is 6.35. The Balaban J connectivity index is 1.54. The molecule has 0 fully saturated rings. The first-order valence-electron chi connectivity index (χ1n) is 7.58. The molecule has 0 aliphatic heterocycles. The molecule has 1 aromatic heterocycles. The highest BCUT2D eigenvalue weighted by Gasteiger charge is 2.09. The van der Waals surface area contributed by atoms with Crippen LogP contribution < -0.4 is 10.6 Å². The van der Waals surface area contributed by atoms with E-state index in [1.807, 2.05) is 18.3 Å². The van der Waals surface area contributed by atoms with E-state index in [2.05, 4.69) is 10.6 Å². The summed E-state index contributed by atoms with van der Waals surface area (Å²) in [6.45, 7) is -0.000512. The third-order valence-electron chi connectivity index (χ3n) is 3.62. The highest BCUT2D eigenvalue weighted by molar-refractivity contribution is 6.31. The first kappa shape index (κ1) is 17.3. The highest BCUT2D eigenvalue weighted by atomic mass is 35.5. The van der Waals surface area contributed by atoms with E-state index in [1.165, 1.54) is 0 Å². The Morgan fingerprint density at radius 2 is 1.64 bits per heavy atom. The number of aromatic nitrogens is 1. The topological polar surface area (TPSA) is 63.1 Å². The van der Waals surface area contributed by atoms with Gasteiger partial charge in [0.15, 0.2) is 0 Å². The largest absolute Gasteiger partial charge is 0.345 e. The van der Waals surface area contributed by atoms with Gasteiger partial charge < -0.3 is 15.2 Å². The second-order valence-electron chi connectivity index (χ2n) is 5.48. The van der Waals surface area contributed by atoms with Crippen molar-refractivity contribution < 1.29 is 9.59 Å². The van der Waals surface area contributed by atoms with E-state index in [0.29, 0.717) is 15.7 Å². The molecular weight excluding hydrogens is 361 g/mol. The lowest BCUT2D eigenvalue weighted by molar-refractivity contribution is -0.124. The Bertz CT molecular complexity index is 920. The molecule has 0 saturated carbocycles. The van der Waals surface area contributed by atoms with E-state index in [4.69, 9.17) is 23.2 Å². The predicted octanol–water partition coefficient (Wildman–Crippen LogP) is 3.70. The van der Waals surface area contributed by atoms with Crippen LogP contribution in [0.4, 0.5) is 5.69 Å². The summed E-state index contributed by atoms with van der Waals surface area (Å²) in [6, 6.07) is 14.1. The minimum atomic E-state index is -0.309. The fourth-order valence-corrected chi connectivity index (χ4v) is 2.72. The van der Waals surface area contributed by atoms with E-state index in [-0.39, 0.29) is 24.9 Å². The zero-order valence-electron chi connectivity index (χ0n) is 13.1. The van der Waals surface area contributed by atoms with Crippen LogP contribution in [-0.4, -0.2) is 22.9 Å². The summed E-state index contributed by atoms with van der Waals surface area (Å²) in [5.74, 6) is -0.570. The Labute approximate surface area is 154 Å². The molecule has 0 bridgehead atoms. The zero-order valence-corrected chi connectivity index (χ0v) is 14.6. The van der Waals surface area contributed by atoms with Crippen molar-refractivity contribution >= 4 is 51.6 Å². The first-order chi connectivity index (χ1) is 12.0. The summed E-state index contributed by atoms with van der Waals surface area (Å²) in [6.07, 6.45) is 1.81. The molecule has 0 unspecified atom stereocenters. The third kappa shape index (κ3) is 4.53. The van der Waals surface area contributed by atoms with Gasteiger partial charge in [-0.25, -0.2) is 0 Å². The van der Waals surface area contributed by atoms with Crippen LogP contribution in [0.15, 0.2) is 54.7 Å². The molecule has 0 saturated heterocycles. The van der Waals surface area contributed by atoms with Gasteiger partial charge in [0.2, 0.25) is 11.8 Å². The molecule has 2 amide bonds. The van der Waals surface area contributed by atoms with Crippen LogP contribution in [0.1, 0.15) is 0 Å². The van der Waals surface area contributed by atoms with Gasteiger partial charge >= 0.3 is 0 Å². The number of benzene rings is 2. The minimum absolute atomic E-state index is 0.109. The lowest BCUT2D eigenvalue weighted by Gasteiger charge is -2.08. The summed E-state index contributed by atoms with van der Waals surface area (Å²) in [5, 5.41) is 7.48. The molecule has 2 N–H and O–H groups in total.